The van der Waals surface area contributed by atoms with Crippen LogP contribution in [0, 0.1) is 5.92 Å². The zero-order valence-electron chi connectivity index (χ0n) is 6.63. The zero-order chi connectivity index (χ0) is 8.15. The molecule has 0 bridgehead atoms. The molecule has 0 spiro atoms. The lowest BCUT2D eigenvalue weighted by Gasteiger charge is -2.11. The quantitative estimate of drug-likeness (QED) is 0.646. The Labute approximate surface area is 61.0 Å². The molecule has 0 unspecified atom stereocenters. The van der Waals surface area contributed by atoms with E-state index in [1.165, 1.54) is 0 Å². The maximum Gasteiger partial charge on any atom is 0.306 e. The third-order valence-corrected chi connectivity index (χ3v) is 1.51. The normalized spacial score (nSPS) is 16.3. The molecule has 0 aliphatic carbocycles. The average Bonchev–Trinajstić information content (AvgIpc) is 1.87. The smallest absolute Gasteiger partial charge is 0.306 e. The second-order valence-corrected chi connectivity index (χ2v) is 2.52. The van der Waals surface area contributed by atoms with Crippen LogP contribution >= 0.6 is 0 Å². The van der Waals surface area contributed by atoms with Crippen LogP contribution in [-0.2, 0) is 9.53 Å². The van der Waals surface area contributed by atoms with Crippen LogP contribution in [0.5, 0.6) is 0 Å². The molecule has 0 aliphatic heterocycles. The van der Waals surface area contributed by atoms with E-state index in [9.17, 15) is 4.79 Å². The molecule has 60 valence electrons. The van der Waals surface area contributed by atoms with Crippen LogP contribution in [-0.4, -0.2) is 24.3 Å². The van der Waals surface area contributed by atoms with Gasteiger partial charge in [0.05, 0.1) is 12.0 Å². The number of methoxy groups -OCH3 is 1. The van der Waals surface area contributed by atoms with Gasteiger partial charge in [0.1, 0.15) is 0 Å². The summed E-state index contributed by atoms with van der Waals surface area (Å²) in [4.78, 5) is 10.3. The standard InChI is InChI=1S/C7H14O3/c1-5(7(8)9)4-6(2)10-3/h5-6H,4H2,1-3H3,(H,8,9)/t5-,6-/m0/s1. The molecule has 0 radical (unpaired) electrons. The van der Waals surface area contributed by atoms with Crippen LogP contribution in [0.2, 0.25) is 0 Å². The number of rotatable bonds is 4. The number of hydrogen-bond acceptors (Lipinski definition) is 2. The molecule has 0 aromatic carbocycles. The van der Waals surface area contributed by atoms with Crippen molar-refractivity contribution in [2.75, 3.05) is 7.11 Å². The number of carboxylic acid groups (broad SMARTS) is 1. The van der Waals surface area contributed by atoms with Gasteiger partial charge in [0.2, 0.25) is 0 Å². The number of aliphatic carboxylic acids is 1. The van der Waals surface area contributed by atoms with E-state index in [-0.39, 0.29) is 12.0 Å². The van der Waals surface area contributed by atoms with E-state index in [0.717, 1.165) is 0 Å². The molecular formula is C7H14O3. The van der Waals surface area contributed by atoms with E-state index in [0.29, 0.717) is 6.42 Å². The lowest BCUT2D eigenvalue weighted by molar-refractivity contribution is -0.142. The van der Waals surface area contributed by atoms with E-state index < -0.39 is 5.97 Å². The summed E-state index contributed by atoms with van der Waals surface area (Å²) in [6.07, 6.45) is 0.609. The minimum Gasteiger partial charge on any atom is -0.481 e. The second kappa shape index (κ2) is 4.28. The Balaban J connectivity index is 3.56. The Morgan fingerprint density at radius 3 is 2.40 bits per heavy atom. The van der Waals surface area contributed by atoms with E-state index in [1.807, 2.05) is 6.92 Å². The lowest BCUT2D eigenvalue weighted by Crippen LogP contribution is -2.17. The van der Waals surface area contributed by atoms with Crippen molar-refractivity contribution in [2.24, 2.45) is 5.92 Å². The number of hydrogen-bond donors (Lipinski definition) is 1. The first-order chi connectivity index (χ1) is 4.57. The molecule has 2 atom stereocenters. The van der Waals surface area contributed by atoms with Crippen LogP contribution in [0.3, 0.4) is 0 Å². The Kier molecular flexibility index (Phi) is 4.03. The van der Waals surface area contributed by atoms with Crippen LogP contribution < -0.4 is 0 Å². The van der Waals surface area contributed by atoms with E-state index in [2.05, 4.69) is 0 Å². The highest BCUT2D eigenvalue weighted by Gasteiger charge is 2.13. The molecule has 0 saturated carbocycles. The van der Waals surface area contributed by atoms with Crippen molar-refractivity contribution in [1.82, 2.24) is 0 Å². The highest BCUT2D eigenvalue weighted by molar-refractivity contribution is 5.69. The predicted octanol–water partition coefficient (Wildman–Crippen LogP) is 1.13. The fourth-order valence-corrected chi connectivity index (χ4v) is 0.695. The first kappa shape index (κ1) is 9.43. The molecule has 0 aliphatic rings. The average molecular weight is 146 g/mol. The molecular weight excluding hydrogens is 132 g/mol. The van der Waals surface area contributed by atoms with E-state index >= 15 is 0 Å². The topological polar surface area (TPSA) is 46.5 Å². The zero-order valence-corrected chi connectivity index (χ0v) is 6.63. The van der Waals surface area contributed by atoms with Gasteiger partial charge in [-0.15, -0.1) is 0 Å². The summed E-state index contributed by atoms with van der Waals surface area (Å²) in [6, 6.07) is 0. The van der Waals surface area contributed by atoms with Gasteiger partial charge in [0, 0.05) is 7.11 Å². The number of carbonyl (C=O) groups is 1. The van der Waals surface area contributed by atoms with Gasteiger partial charge >= 0.3 is 5.97 Å². The van der Waals surface area contributed by atoms with Gasteiger partial charge in [-0.1, -0.05) is 6.92 Å². The monoisotopic (exact) mass is 146 g/mol. The number of carboxylic acids is 1. The molecule has 0 rings (SSSR count). The summed E-state index contributed by atoms with van der Waals surface area (Å²) in [6.45, 7) is 3.54. The summed E-state index contributed by atoms with van der Waals surface area (Å²) >= 11 is 0. The molecule has 0 heterocycles. The molecule has 0 saturated heterocycles. The molecule has 1 N–H and O–H groups in total. The Morgan fingerprint density at radius 1 is 1.60 bits per heavy atom. The van der Waals surface area contributed by atoms with E-state index in [4.69, 9.17) is 9.84 Å². The fraction of sp³-hybridized carbons (Fsp3) is 0.857. The third-order valence-electron chi connectivity index (χ3n) is 1.51. The second-order valence-electron chi connectivity index (χ2n) is 2.52. The Bertz CT molecular complexity index is 111. The summed E-state index contributed by atoms with van der Waals surface area (Å²) in [5, 5.41) is 8.47. The van der Waals surface area contributed by atoms with Crippen molar-refractivity contribution in [3.05, 3.63) is 0 Å². The molecule has 3 nitrogen and oxygen atoms in total. The van der Waals surface area contributed by atoms with Crippen LogP contribution in [0.15, 0.2) is 0 Å². The summed E-state index contributed by atoms with van der Waals surface area (Å²) in [5.41, 5.74) is 0. The summed E-state index contributed by atoms with van der Waals surface area (Å²) in [7, 11) is 1.58. The van der Waals surface area contributed by atoms with Crippen LogP contribution in [0.25, 0.3) is 0 Å². The fourth-order valence-electron chi connectivity index (χ4n) is 0.695. The van der Waals surface area contributed by atoms with Crippen molar-refractivity contribution >= 4 is 5.97 Å². The highest BCUT2D eigenvalue weighted by atomic mass is 16.5. The van der Waals surface area contributed by atoms with Crippen molar-refractivity contribution in [2.45, 2.75) is 26.4 Å². The van der Waals surface area contributed by atoms with E-state index in [1.54, 1.807) is 14.0 Å². The largest absolute Gasteiger partial charge is 0.481 e. The Morgan fingerprint density at radius 2 is 2.10 bits per heavy atom. The van der Waals surface area contributed by atoms with Gasteiger partial charge in [0.15, 0.2) is 0 Å². The lowest BCUT2D eigenvalue weighted by atomic mass is 10.1. The highest BCUT2D eigenvalue weighted by Crippen LogP contribution is 2.07. The van der Waals surface area contributed by atoms with Gasteiger partial charge in [-0.05, 0) is 13.3 Å². The van der Waals surface area contributed by atoms with Crippen molar-refractivity contribution in [1.29, 1.82) is 0 Å². The van der Waals surface area contributed by atoms with Gasteiger partial charge < -0.3 is 9.84 Å². The maximum absolute atomic E-state index is 10.3. The molecule has 0 amide bonds. The number of ether oxygens (including phenoxy) is 1. The summed E-state index contributed by atoms with van der Waals surface area (Å²) in [5.74, 6) is -1.07. The third kappa shape index (κ3) is 3.45. The predicted molar refractivity (Wildman–Crippen MR) is 37.9 cm³/mol. The maximum atomic E-state index is 10.3. The van der Waals surface area contributed by atoms with Crippen LogP contribution in [0.4, 0.5) is 0 Å². The van der Waals surface area contributed by atoms with Gasteiger partial charge in [-0.3, -0.25) is 4.79 Å². The Hall–Kier alpha value is -0.570. The first-order valence-electron chi connectivity index (χ1n) is 3.33. The first-order valence-corrected chi connectivity index (χ1v) is 3.33. The SMILES string of the molecule is CO[C@@H](C)C[C@H](C)C(=O)O. The van der Waals surface area contributed by atoms with Crippen molar-refractivity contribution in [3.8, 4) is 0 Å². The van der Waals surface area contributed by atoms with Crippen molar-refractivity contribution in [3.63, 3.8) is 0 Å². The van der Waals surface area contributed by atoms with Gasteiger partial charge in [-0.25, -0.2) is 0 Å². The minimum atomic E-state index is -0.760. The molecule has 0 aromatic heterocycles. The molecule has 0 fully saturated rings. The van der Waals surface area contributed by atoms with Gasteiger partial charge in [-0.2, -0.15) is 0 Å². The molecule has 10 heavy (non-hydrogen) atoms. The van der Waals surface area contributed by atoms with Crippen LogP contribution in [0.1, 0.15) is 20.3 Å². The molecule has 3 heteroatoms. The van der Waals surface area contributed by atoms with Crippen molar-refractivity contribution < 1.29 is 14.6 Å². The minimum absolute atomic E-state index is 0.0334. The summed E-state index contributed by atoms with van der Waals surface area (Å²) < 4.78 is 4.91. The van der Waals surface area contributed by atoms with Gasteiger partial charge in [0.25, 0.3) is 0 Å². The molecule has 0 aromatic rings.